The molecule has 0 aliphatic carbocycles. The molecule has 0 spiro atoms. The molecule has 0 heterocycles. The van der Waals surface area contributed by atoms with Crippen LogP contribution in [0.5, 0.6) is 11.5 Å². The van der Waals surface area contributed by atoms with Crippen LogP contribution in [0.3, 0.4) is 0 Å². The molecule has 0 bridgehead atoms. The second-order valence-electron chi connectivity index (χ2n) is 7.59. The molecule has 0 saturated heterocycles. The fraction of sp³-hybridized carbons (Fsp3) is 0.348. The van der Waals surface area contributed by atoms with E-state index < -0.39 is 35.9 Å². The standard InChI is InChI=1S/C23H29N3O6S/c1-33-11-10-19(25-21(29)18(24)12-14-2-6-16(27)7-3-14)22(30)26-20(23(31)32)13-15-4-8-17(28)9-5-15/h2-9,18-20,27-28H,10-13,24H2,1H3,(H,25,29)(H,26,30)(H,31,32). The third-order valence-electron chi connectivity index (χ3n) is 4.96. The third-order valence-corrected chi connectivity index (χ3v) is 5.61. The maximum Gasteiger partial charge on any atom is 0.326 e. The van der Waals surface area contributed by atoms with Gasteiger partial charge in [0.15, 0.2) is 0 Å². The first kappa shape index (κ1) is 26.0. The normalized spacial score (nSPS) is 13.5. The van der Waals surface area contributed by atoms with E-state index in [1.165, 1.54) is 36.0 Å². The average molecular weight is 476 g/mol. The number of aromatic hydroxyl groups is 2. The molecule has 0 aliphatic rings. The quantitative estimate of drug-likeness (QED) is 0.265. The molecule has 0 aromatic heterocycles. The molecule has 0 aliphatic heterocycles. The highest BCUT2D eigenvalue weighted by molar-refractivity contribution is 7.98. The van der Waals surface area contributed by atoms with Crippen molar-refractivity contribution in [2.24, 2.45) is 5.73 Å². The van der Waals surface area contributed by atoms with Gasteiger partial charge in [-0.2, -0.15) is 11.8 Å². The van der Waals surface area contributed by atoms with E-state index in [9.17, 15) is 29.7 Å². The van der Waals surface area contributed by atoms with E-state index >= 15 is 0 Å². The Hall–Kier alpha value is -3.24. The van der Waals surface area contributed by atoms with Gasteiger partial charge in [-0.25, -0.2) is 4.79 Å². The SMILES string of the molecule is CSCCC(NC(=O)C(N)Cc1ccc(O)cc1)C(=O)NC(Cc1ccc(O)cc1)C(=O)O. The number of aliphatic carboxylic acids is 1. The van der Waals surface area contributed by atoms with Crippen LogP contribution in [0.15, 0.2) is 48.5 Å². The van der Waals surface area contributed by atoms with E-state index in [-0.39, 0.29) is 24.3 Å². The van der Waals surface area contributed by atoms with E-state index in [0.29, 0.717) is 17.7 Å². The summed E-state index contributed by atoms with van der Waals surface area (Å²) in [5.74, 6) is -1.63. The Morgan fingerprint density at radius 1 is 0.848 bits per heavy atom. The highest BCUT2D eigenvalue weighted by Gasteiger charge is 2.28. The Labute approximate surface area is 196 Å². The number of rotatable bonds is 12. The molecule has 10 heteroatoms. The number of hydrogen-bond acceptors (Lipinski definition) is 7. The minimum atomic E-state index is -1.21. The van der Waals surface area contributed by atoms with Crippen molar-refractivity contribution in [3.05, 3.63) is 59.7 Å². The van der Waals surface area contributed by atoms with Crippen LogP contribution in [0, 0.1) is 0 Å². The third kappa shape index (κ3) is 8.66. The second kappa shape index (κ2) is 12.7. The van der Waals surface area contributed by atoms with Gasteiger partial charge < -0.3 is 31.7 Å². The number of carbonyl (C=O) groups excluding carboxylic acids is 2. The zero-order valence-electron chi connectivity index (χ0n) is 18.2. The number of thioether (sulfide) groups is 1. The van der Waals surface area contributed by atoms with Crippen LogP contribution in [0.4, 0.5) is 0 Å². The fourth-order valence-corrected chi connectivity index (χ4v) is 3.57. The number of carboxylic acid groups (broad SMARTS) is 1. The zero-order valence-corrected chi connectivity index (χ0v) is 19.0. The number of benzene rings is 2. The molecule has 2 aromatic carbocycles. The van der Waals surface area contributed by atoms with Crippen LogP contribution in [0.1, 0.15) is 17.5 Å². The largest absolute Gasteiger partial charge is 0.508 e. The summed E-state index contributed by atoms with van der Waals surface area (Å²) in [7, 11) is 0. The number of amides is 2. The summed E-state index contributed by atoms with van der Waals surface area (Å²) in [6, 6.07) is 9.25. The number of hydrogen-bond donors (Lipinski definition) is 6. The molecule has 3 unspecified atom stereocenters. The first-order valence-electron chi connectivity index (χ1n) is 10.3. The summed E-state index contributed by atoms with van der Waals surface area (Å²) < 4.78 is 0. The molecule has 0 fully saturated rings. The van der Waals surface area contributed by atoms with Gasteiger partial charge in [-0.05, 0) is 60.2 Å². The van der Waals surface area contributed by atoms with Gasteiger partial charge in [-0.15, -0.1) is 0 Å². The minimum absolute atomic E-state index is 0.0188. The lowest BCUT2D eigenvalue weighted by molar-refractivity contribution is -0.142. The second-order valence-corrected chi connectivity index (χ2v) is 8.58. The first-order chi connectivity index (χ1) is 15.7. The molecule has 9 nitrogen and oxygen atoms in total. The van der Waals surface area contributed by atoms with Gasteiger partial charge in [0.25, 0.3) is 0 Å². The lowest BCUT2D eigenvalue weighted by Crippen LogP contribution is -2.55. The number of carboxylic acids is 1. The summed E-state index contributed by atoms with van der Waals surface area (Å²) in [6.45, 7) is 0. The monoisotopic (exact) mass is 475 g/mol. The van der Waals surface area contributed by atoms with Crippen LogP contribution in [-0.2, 0) is 27.2 Å². The van der Waals surface area contributed by atoms with Crippen molar-refractivity contribution in [1.29, 1.82) is 0 Å². The Kier molecular flexibility index (Phi) is 10.0. The topological polar surface area (TPSA) is 162 Å². The number of nitrogens with two attached hydrogens (primary N) is 1. The fourth-order valence-electron chi connectivity index (χ4n) is 3.10. The Morgan fingerprint density at radius 2 is 1.33 bits per heavy atom. The van der Waals surface area contributed by atoms with Crippen LogP contribution in [0.25, 0.3) is 0 Å². The van der Waals surface area contributed by atoms with E-state index in [4.69, 9.17) is 5.73 Å². The van der Waals surface area contributed by atoms with E-state index in [0.717, 1.165) is 5.56 Å². The van der Waals surface area contributed by atoms with E-state index in [1.54, 1.807) is 24.3 Å². The summed E-state index contributed by atoms with van der Waals surface area (Å²) >= 11 is 1.49. The number of carbonyl (C=O) groups is 3. The summed E-state index contributed by atoms with van der Waals surface area (Å²) in [5, 5.41) is 33.4. The van der Waals surface area contributed by atoms with Crippen molar-refractivity contribution in [3.63, 3.8) is 0 Å². The molecule has 0 saturated carbocycles. The smallest absolute Gasteiger partial charge is 0.326 e. The van der Waals surface area contributed by atoms with Gasteiger partial charge in [0, 0.05) is 6.42 Å². The summed E-state index contributed by atoms with van der Waals surface area (Å²) in [4.78, 5) is 37.2. The number of phenols is 2. The van der Waals surface area contributed by atoms with Crippen LogP contribution in [-0.4, -0.2) is 63.2 Å². The molecule has 2 amide bonds. The van der Waals surface area contributed by atoms with Gasteiger partial charge in [0.1, 0.15) is 23.6 Å². The van der Waals surface area contributed by atoms with Crippen molar-refractivity contribution in [2.45, 2.75) is 37.4 Å². The van der Waals surface area contributed by atoms with Crippen molar-refractivity contribution in [1.82, 2.24) is 10.6 Å². The molecule has 178 valence electrons. The molecule has 2 rings (SSSR count). The molecule has 3 atom stereocenters. The lowest BCUT2D eigenvalue weighted by Gasteiger charge is -2.23. The molecular formula is C23H29N3O6S. The van der Waals surface area contributed by atoms with E-state index in [2.05, 4.69) is 10.6 Å². The zero-order chi connectivity index (χ0) is 24.4. The number of phenolic OH excluding ortho intramolecular Hbond substituents is 2. The molecular weight excluding hydrogens is 446 g/mol. The van der Waals surface area contributed by atoms with Gasteiger partial charge in [0.2, 0.25) is 11.8 Å². The van der Waals surface area contributed by atoms with Gasteiger partial charge in [0.05, 0.1) is 6.04 Å². The predicted octanol–water partition coefficient (Wildman–Crippen LogP) is 1.02. The number of nitrogens with one attached hydrogen (secondary N) is 2. The maximum absolute atomic E-state index is 12.9. The van der Waals surface area contributed by atoms with Crippen molar-refractivity contribution < 1.29 is 29.7 Å². The van der Waals surface area contributed by atoms with Crippen molar-refractivity contribution in [2.75, 3.05) is 12.0 Å². The highest BCUT2D eigenvalue weighted by atomic mass is 32.2. The average Bonchev–Trinajstić information content (AvgIpc) is 2.78. The van der Waals surface area contributed by atoms with Crippen LogP contribution < -0.4 is 16.4 Å². The minimum Gasteiger partial charge on any atom is -0.508 e. The molecule has 2 aromatic rings. The van der Waals surface area contributed by atoms with Crippen LogP contribution >= 0.6 is 11.8 Å². The van der Waals surface area contributed by atoms with Crippen molar-refractivity contribution in [3.8, 4) is 11.5 Å². The summed E-state index contributed by atoms with van der Waals surface area (Å²) in [5.41, 5.74) is 7.38. The van der Waals surface area contributed by atoms with Gasteiger partial charge >= 0.3 is 5.97 Å². The predicted molar refractivity (Wildman–Crippen MR) is 126 cm³/mol. The lowest BCUT2D eigenvalue weighted by atomic mass is 10.0. The Morgan fingerprint density at radius 3 is 1.82 bits per heavy atom. The Bertz CT molecular complexity index is 936. The van der Waals surface area contributed by atoms with Gasteiger partial charge in [-0.3, -0.25) is 9.59 Å². The highest BCUT2D eigenvalue weighted by Crippen LogP contribution is 2.13. The molecule has 7 N–H and O–H groups in total. The van der Waals surface area contributed by atoms with Crippen molar-refractivity contribution >= 4 is 29.5 Å². The maximum atomic E-state index is 12.9. The van der Waals surface area contributed by atoms with Crippen LogP contribution in [0.2, 0.25) is 0 Å². The molecule has 33 heavy (non-hydrogen) atoms. The first-order valence-corrected chi connectivity index (χ1v) is 11.7. The molecule has 0 radical (unpaired) electrons. The Balaban J connectivity index is 2.03. The van der Waals surface area contributed by atoms with Gasteiger partial charge in [-0.1, -0.05) is 24.3 Å². The summed E-state index contributed by atoms with van der Waals surface area (Å²) in [6.07, 6.45) is 2.39. The van der Waals surface area contributed by atoms with E-state index in [1.807, 2.05) is 6.26 Å².